The zero-order valence-corrected chi connectivity index (χ0v) is 14.0. The third-order valence-corrected chi connectivity index (χ3v) is 4.05. The molecule has 2 aromatic carbocycles. The SMILES string of the molecule is COc1ccccc1C(=O)NCCC1CN(c2ccccc2)C(=O)O1. The number of ether oxygens (including phenoxy) is 2. The van der Waals surface area contributed by atoms with Gasteiger partial charge < -0.3 is 14.8 Å². The number of cyclic esters (lactones) is 1. The summed E-state index contributed by atoms with van der Waals surface area (Å²) < 4.78 is 10.6. The van der Waals surface area contributed by atoms with E-state index in [2.05, 4.69) is 5.32 Å². The lowest BCUT2D eigenvalue weighted by Gasteiger charge is -2.13. The topological polar surface area (TPSA) is 67.9 Å². The van der Waals surface area contributed by atoms with E-state index >= 15 is 0 Å². The molecular formula is C19H20N2O4. The summed E-state index contributed by atoms with van der Waals surface area (Å²) in [5.74, 6) is 0.323. The highest BCUT2D eigenvalue weighted by Crippen LogP contribution is 2.22. The van der Waals surface area contributed by atoms with Crippen LogP contribution in [0.25, 0.3) is 0 Å². The van der Waals surface area contributed by atoms with Gasteiger partial charge in [-0.05, 0) is 24.3 Å². The lowest BCUT2D eigenvalue weighted by atomic mass is 10.2. The number of hydrogen-bond donors (Lipinski definition) is 1. The maximum absolute atomic E-state index is 12.2. The first-order valence-electron chi connectivity index (χ1n) is 8.13. The van der Waals surface area contributed by atoms with Gasteiger partial charge in [0, 0.05) is 18.7 Å². The van der Waals surface area contributed by atoms with Gasteiger partial charge in [0.15, 0.2) is 0 Å². The van der Waals surface area contributed by atoms with Crippen molar-refractivity contribution in [2.75, 3.05) is 25.1 Å². The Hall–Kier alpha value is -3.02. The number of anilines is 1. The van der Waals surface area contributed by atoms with Crippen molar-refractivity contribution >= 4 is 17.7 Å². The Morgan fingerprint density at radius 3 is 2.68 bits per heavy atom. The van der Waals surface area contributed by atoms with Gasteiger partial charge >= 0.3 is 6.09 Å². The number of carbonyl (C=O) groups excluding carboxylic acids is 2. The van der Waals surface area contributed by atoms with Gasteiger partial charge in [0.25, 0.3) is 5.91 Å². The van der Waals surface area contributed by atoms with Crippen LogP contribution in [0.4, 0.5) is 10.5 Å². The lowest BCUT2D eigenvalue weighted by Crippen LogP contribution is -2.29. The molecule has 6 nitrogen and oxygen atoms in total. The summed E-state index contributed by atoms with van der Waals surface area (Å²) >= 11 is 0. The van der Waals surface area contributed by atoms with E-state index in [1.807, 2.05) is 36.4 Å². The Morgan fingerprint density at radius 2 is 1.92 bits per heavy atom. The van der Waals surface area contributed by atoms with Crippen LogP contribution in [0.5, 0.6) is 5.75 Å². The van der Waals surface area contributed by atoms with Crippen molar-refractivity contribution in [3.8, 4) is 5.75 Å². The summed E-state index contributed by atoms with van der Waals surface area (Å²) in [7, 11) is 1.53. The molecule has 0 aromatic heterocycles. The Morgan fingerprint density at radius 1 is 1.20 bits per heavy atom. The highest BCUT2D eigenvalue weighted by molar-refractivity contribution is 5.96. The average molecular weight is 340 g/mol. The van der Waals surface area contributed by atoms with Crippen LogP contribution in [0.2, 0.25) is 0 Å². The molecule has 0 saturated carbocycles. The molecule has 0 bridgehead atoms. The third-order valence-electron chi connectivity index (χ3n) is 4.05. The number of methoxy groups -OCH3 is 1. The monoisotopic (exact) mass is 340 g/mol. The molecule has 1 aliphatic heterocycles. The molecule has 2 amide bonds. The second-order valence-electron chi connectivity index (χ2n) is 5.70. The number of para-hydroxylation sites is 2. The van der Waals surface area contributed by atoms with Gasteiger partial charge in [0.2, 0.25) is 0 Å². The second-order valence-corrected chi connectivity index (χ2v) is 5.70. The van der Waals surface area contributed by atoms with Crippen molar-refractivity contribution in [1.82, 2.24) is 5.32 Å². The van der Waals surface area contributed by atoms with Gasteiger partial charge in [-0.15, -0.1) is 0 Å². The fourth-order valence-electron chi connectivity index (χ4n) is 2.76. The summed E-state index contributed by atoms with van der Waals surface area (Å²) in [5.41, 5.74) is 1.30. The molecule has 0 spiro atoms. The minimum Gasteiger partial charge on any atom is -0.496 e. The van der Waals surface area contributed by atoms with Crippen LogP contribution in [0.1, 0.15) is 16.8 Å². The molecule has 1 fully saturated rings. The number of rotatable bonds is 6. The maximum atomic E-state index is 12.2. The van der Waals surface area contributed by atoms with Gasteiger partial charge in [-0.25, -0.2) is 4.79 Å². The molecule has 25 heavy (non-hydrogen) atoms. The Balaban J connectivity index is 1.51. The summed E-state index contributed by atoms with van der Waals surface area (Å²) in [4.78, 5) is 25.8. The van der Waals surface area contributed by atoms with Gasteiger partial charge in [-0.1, -0.05) is 30.3 Å². The van der Waals surface area contributed by atoms with Crippen LogP contribution in [-0.4, -0.2) is 38.3 Å². The Kier molecular flexibility index (Phi) is 5.18. The second kappa shape index (κ2) is 7.70. The van der Waals surface area contributed by atoms with Crippen LogP contribution < -0.4 is 15.0 Å². The summed E-state index contributed by atoms with van der Waals surface area (Å²) in [6.07, 6.45) is -0.0476. The quantitative estimate of drug-likeness (QED) is 0.878. The standard InChI is InChI=1S/C19H20N2O4/c1-24-17-10-6-5-9-16(17)18(22)20-12-11-15-13-21(19(23)25-15)14-7-3-2-4-8-14/h2-10,15H,11-13H2,1H3,(H,20,22). The Bertz CT molecular complexity index is 748. The normalized spacial score (nSPS) is 16.4. The third kappa shape index (κ3) is 3.91. The highest BCUT2D eigenvalue weighted by Gasteiger charge is 2.31. The van der Waals surface area contributed by atoms with E-state index in [4.69, 9.17) is 9.47 Å². The number of nitrogens with one attached hydrogen (secondary N) is 1. The number of carbonyl (C=O) groups is 2. The van der Waals surface area contributed by atoms with Crippen LogP contribution in [0, 0.1) is 0 Å². The van der Waals surface area contributed by atoms with Crippen molar-refractivity contribution in [3.05, 3.63) is 60.2 Å². The van der Waals surface area contributed by atoms with Gasteiger partial charge in [-0.2, -0.15) is 0 Å². The zero-order chi connectivity index (χ0) is 17.6. The summed E-state index contributed by atoms with van der Waals surface area (Å²) in [6.45, 7) is 0.894. The zero-order valence-electron chi connectivity index (χ0n) is 14.0. The van der Waals surface area contributed by atoms with Crippen molar-refractivity contribution < 1.29 is 19.1 Å². The van der Waals surface area contributed by atoms with Gasteiger partial charge in [0.1, 0.15) is 11.9 Å². The van der Waals surface area contributed by atoms with Crippen LogP contribution in [0.3, 0.4) is 0 Å². The van der Waals surface area contributed by atoms with E-state index in [0.29, 0.717) is 30.8 Å². The first-order chi connectivity index (χ1) is 12.2. The molecule has 1 aliphatic rings. The first-order valence-corrected chi connectivity index (χ1v) is 8.13. The predicted molar refractivity (Wildman–Crippen MR) is 94.0 cm³/mol. The minimum absolute atomic E-state index is 0.207. The van der Waals surface area contributed by atoms with E-state index in [9.17, 15) is 9.59 Å². The van der Waals surface area contributed by atoms with E-state index in [0.717, 1.165) is 5.69 Å². The van der Waals surface area contributed by atoms with Crippen LogP contribution in [0.15, 0.2) is 54.6 Å². The van der Waals surface area contributed by atoms with Crippen LogP contribution in [-0.2, 0) is 4.74 Å². The molecule has 6 heteroatoms. The maximum Gasteiger partial charge on any atom is 0.414 e. The van der Waals surface area contributed by atoms with Gasteiger partial charge in [0.05, 0.1) is 19.2 Å². The van der Waals surface area contributed by atoms with E-state index in [-0.39, 0.29) is 18.1 Å². The molecule has 1 saturated heterocycles. The number of hydrogen-bond acceptors (Lipinski definition) is 4. The molecule has 1 heterocycles. The average Bonchev–Trinajstić information content (AvgIpc) is 3.03. The minimum atomic E-state index is -0.354. The molecule has 1 N–H and O–H groups in total. The summed E-state index contributed by atoms with van der Waals surface area (Å²) in [5, 5.41) is 2.84. The predicted octanol–water partition coefficient (Wildman–Crippen LogP) is 2.84. The largest absolute Gasteiger partial charge is 0.496 e. The molecule has 1 atom stereocenters. The van der Waals surface area contributed by atoms with Crippen LogP contribution >= 0.6 is 0 Å². The molecule has 1 unspecified atom stereocenters. The molecule has 130 valence electrons. The van der Waals surface area contributed by atoms with E-state index in [1.165, 1.54) is 7.11 Å². The van der Waals surface area contributed by atoms with E-state index < -0.39 is 0 Å². The molecule has 0 aliphatic carbocycles. The van der Waals surface area contributed by atoms with Crippen molar-refractivity contribution in [3.63, 3.8) is 0 Å². The van der Waals surface area contributed by atoms with Crippen molar-refractivity contribution in [1.29, 1.82) is 0 Å². The fourth-order valence-corrected chi connectivity index (χ4v) is 2.76. The Labute approximate surface area is 146 Å². The molecule has 3 rings (SSSR count). The summed E-state index contributed by atoms with van der Waals surface area (Å²) in [6, 6.07) is 16.4. The van der Waals surface area contributed by atoms with E-state index in [1.54, 1.807) is 23.1 Å². The van der Waals surface area contributed by atoms with Crippen molar-refractivity contribution in [2.45, 2.75) is 12.5 Å². The number of benzene rings is 2. The van der Waals surface area contributed by atoms with Crippen molar-refractivity contribution in [2.24, 2.45) is 0 Å². The first kappa shape index (κ1) is 16.8. The molecular weight excluding hydrogens is 320 g/mol. The number of amides is 2. The van der Waals surface area contributed by atoms with Gasteiger partial charge in [-0.3, -0.25) is 9.69 Å². The highest BCUT2D eigenvalue weighted by atomic mass is 16.6. The molecule has 0 radical (unpaired) electrons. The fraction of sp³-hybridized carbons (Fsp3) is 0.263. The number of nitrogens with zero attached hydrogens (tertiary/aromatic N) is 1. The smallest absolute Gasteiger partial charge is 0.414 e. The lowest BCUT2D eigenvalue weighted by molar-refractivity contribution is 0.0941. The molecule has 2 aromatic rings.